The van der Waals surface area contributed by atoms with E-state index in [1.807, 2.05) is 7.05 Å². The van der Waals surface area contributed by atoms with E-state index >= 15 is 0 Å². The van der Waals surface area contributed by atoms with Crippen molar-refractivity contribution in [3.05, 3.63) is 18.2 Å². The van der Waals surface area contributed by atoms with Crippen LogP contribution in [-0.2, 0) is 0 Å². The molecule has 3 unspecified atom stereocenters. The smallest absolute Gasteiger partial charge is 0.321 e. The molecule has 6 N–H and O–H groups in total. The van der Waals surface area contributed by atoms with Crippen molar-refractivity contribution in [3.63, 3.8) is 0 Å². The highest BCUT2D eigenvalue weighted by Crippen LogP contribution is 2.34. The normalized spacial score (nSPS) is 24.8. The first-order valence-corrected chi connectivity index (χ1v) is 8.51. The molecular formula is C16H26N6O3. The molecular weight excluding hydrogens is 324 g/mol. The number of benzene rings is 1. The predicted octanol–water partition coefficient (Wildman–Crippen LogP) is -0.0731. The van der Waals surface area contributed by atoms with Crippen molar-refractivity contribution in [3.8, 4) is 11.5 Å². The van der Waals surface area contributed by atoms with Gasteiger partial charge in [0.2, 0.25) is 6.79 Å². The van der Waals surface area contributed by atoms with Gasteiger partial charge in [0, 0.05) is 30.9 Å². The minimum absolute atomic E-state index is 0.139. The third kappa shape index (κ3) is 4.95. The Labute approximate surface area is 147 Å². The summed E-state index contributed by atoms with van der Waals surface area (Å²) in [5, 5.41) is 18.9. The first-order chi connectivity index (χ1) is 12.1. The van der Waals surface area contributed by atoms with E-state index in [0.717, 1.165) is 19.5 Å². The fraction of sp³-hybridized carbons (Fsp3) is 0.562. The van der Waals surface area contributed by atoms with Gasteiger partial charge in [-0.25, -0.2) is 4.79 Å². The lowest BCUT2D eigenvalue weighted by molar-refractivity contribution is 0.174. The molecule has 0 radical (unpaired) electrons. The molecule has 0 aromatic heterocycles. The Kier molecular flexibility index (Phi) is 5.92. The second kappa shape index (κ2) is 8.34. The molecule has 9 heteroatoms. The van der Waals surface area contributed by atoms with E-state index in [-0.39, 0.29) is 31.3 Å². The number of carbonyl (C=O) groups excluding carboxylic acids is 1. The number of likely N-dealkylation sites (N-methyl/N-ethyl adjacent to an activating group) is 1. The number of carbonyl (C=O) groups is 1. The predicted molar refractivity (Wildman–Crippen MR) is 94.6 cm³/mol. The lowest BCUT2D eigenvalue weighted by Gasteiger charge is -2.36. The van der Waals surface area contributed by atoms with Gasteiger partial charge in [-0.3, -0.25) is 10.6 Å². The summed E-state index contributed by atoms with van der Waals surface area (Å²) >= 11 is 0. The van der Waals surface area contributed by atoms with Crippen molar-refractivity contribution in [2.45, 2.75) is 31.8 Å². The molecule has 3 atom stereocenters. The summed E-state index contributed by atoms with van der Waals surface area (Å²) in [7, 11) is 1.92. The number of anilines is 1. The molecule has 2 amide bonds. The van der Waals surface area contributed by atoms with Gasteiger partial charge in [-0.15, -0.1) is 0 Å². The molecule has 2 aliphatic rings. The van der Waals surface area contributed by atoms with Crippen LogP contribution >= 0.6 is 0 Å². The van der Waals surface area contributed by atoms with Crippen LogP contribution < -0.4 is 41.4 Å². The van der Waals surface area contributed by atoms with Crippen LogP contribution in [0.2, 0.25) is 0 Å². The fourth-order valence-electron chi connectivity index (χ4n) is 2.89. The Balaban J connectivity index is 1.49. The number of hydrogen-bond acceptors (Lipinski definition) is 7. The highest BCUT2D eigenvalue weighted by Gasteiger charge is 2.25. The minimum Gasteiger partial charge on any atom is -0.454 e. The first-order valence-electron chi connectivity index (χ1n) is 8.51. The van der Waals surface area contributed by atoms with E-state index in [0.29, 0.717) is 17.2 Å². The average molecular weight is 350 g/mol. The minimum atomic E-state index is -0.315. The Bertz CT molecular complexity index is 599. The van der Waals surface area contributed by atoms with Crippen LogP contribution in [-0.4, -0.2) is 51.5 Å². The molecule has 2 aliphatic heterocycles. The van der Waals surface area contributed by atoms with Crippen molar-refractivity contribution in [1.29, 1.82) is 0 Å². The van der Waals surface area contributed by atoms with E-state index in [1.165, 1.54) is 0 Å². The van der Waals surface area contributed by atoms with Gasteiger partial charge in [0.25, 0.3) is 0 Å². The Morgan fingerprint density at radius 2 is 2.08 bits per heavy atom. The average Bonchev–Trinajstić information content (AvgIpc) is 3.02. The van der Waals surface area contributed by atoms with Crippen LogP contribution in [0.25, 0.3) is 0 Å². The zero-order chi connectivity index (χ0) is 17.6. The molecule has 0 bridgehead atoms. The summed E-state index contributed by atoms with van der Waals surface area (Å²) < 4.78 is 10.6. The Morgan fingerprint density at radius 3 is 2.92 bits per heavy atom. The van der Waals surface area contributed by atoms with Crippen molar-refractivity contribution >= 4 is 11.7 Å². The number of rotatable bonds is 6. The topological polar surface area (TPSA) is 108 Å². The van der Waals surface area contributed by atoms with Gasteiger partial charge in [0.15, 0.2) is 11.5 Å². The molecule has 0 aliphatic carbocycles. The molecule has 2 heterocycles. The van der Waals surface area contributed by atoms with Gasteiger partial charge in [0.1, 0.15) is 6.29 Å². The number of amides is 2. The van der Waals surface area contributed by atoms with Crippen molar-refractivity contribution in [2.75, 3.05) is 32.2 Å². The quantitative estimate of drug-likeness (QED) is 0.399. The molecule has 0 saturated carbocycles. The van der Waals surface area contributed by atoms with Crippen LogP contribution in [0, 0.1) is 0 Å². The first kappa shape index (κ1) is 17.7. The van der Waals surface area contributed by atoms with Gasteiger partial charge < -0.3 is 30.7 Å². The van der Waals surface area contributed by atoms with E-state index in [9.17, 15) is 4.79 Å². The van der Waals surface area contributed by atoms with Crippen molar-refractivity contribution < 1.29 is 14.3 Å². The van der Waals surface area contributed by atoms with E-state index in [2.05, 4.69) is 38.8 Å². The second-order valence-electron chi connectivity index (χ2n) is 6.18. The third-order valence-corrected chi connectivity index (χ3v) is 4.08. The zero-order valence-corrected chi connectivity index (χ0v) is 14.5. The largest absolute Gasteiger partial charge is 0.454 e. The second-order valence-corrected chi connectivity index (χ2v) is 6.18. The Morgan fingerprint density at radius 1 is 1.24 bits per heavy atom. The van der Waals surface area contributed by atoms with Crippen molar-refractivity contribution in [1.82, 2.24) is 26.6 Å². The molecule has 9 nitrogen and oxygen atoms in total. The van der Waals surface area contributed by atoms with Crippen LogP contribution in [0.1, 0.15) is 13.3 Å². The number of urea groups is 1. The lowest BCUT2D eigenvalue weighted by atomic mass is 10.1. The third-order valence-electron chi connectivity index (χ3n) is 4.08. The van der Waals surface area contributed by atoms with E-state index in [1.54, 1.807) is 18.2 Å². The number of ether oxygens (including phenoxy) is 2. The highest BCUT2D eigenvalue weighted by atomic mass is 16.7. The summed E-state index contributed by atoms with van der Waals surface area (Å²) in [6.07, 6.45) is 0.761. The number of hydrogen-bond donors (Lipinski definition) is 6. The molecule has 1 aromatic rings. The summed E-state index contributed by atoms with van der Waals surface area (Å²) in [5.41, 5.74) is 0.648. The molecule has 3 rings (SSSR count). The monoisotopic (exact) mass is 350 g/mol. The van der Waals surface area contributed by atoms with Crippen LogP contribution in [0.5, 0.6) is 11.5 Å². The summed E-state index contributed by atoms with van der Waals surface area (Å²) in [6, 6.07) is 5.28. The summed E-state index contributed by atoms with van der Waals surface area (Å²) in [5.74, 6) is 1.32. The summed E-state index contributed by atoms with van der Waals surface area (Å²) in [4.78, 5) is 12.2. The van der Waals surface area contributed by atoms with Gasteiger partial charge >= 0.3 is 6.03 Å². The maximum absolute atomic E-state index is 12.2. The van der Waals surface area contributed by atoms with Gasteiger partial charge in [-0.2, -0.15) is 0 Å². The van der Waals surface area contributed by atoms with E-state index < -0.39 is 0 Å². The lowest BCUT2D eigenvalue weighted by Crippen LogP contribution is -2.68. The molecule has 1 saturated heterocycles. The molecule has 0 spiro atoms. The SMILES string of the molecule is CNCCNC1CC(C)NC(NC(=O)Nc2ccc3c(c2)OCO3)N1. The molecule has 138 valence electrons. The van der Waals surface area contributed by atoms with Crippen molar-refractivity contribution in [2.24, 2.45) is 0 Å². The number of fused-ring (bicyclic) bond motifs is 1. The standard InChI is InChI=1S/C16H26N6O3/c1-10-7-14(18-6-5-17-2)21-15(19-10)22-16(23)20-11-3-4-12-13(8-11)25-9-24-12/h3-4,8,10,14-15,17-19,21H,5-7,9H2,1-2H3,(H2,20,22,23). The van der Waals surface area contributed by atoms with Gasteiger partial charge in [-0.05, 0) is 32.5 Å². The van der Waals surface area contributed by atoms with Crippen LogP contribution in [0.4, 0.5) is 10.5 Å². The summed E-state index contributed by atoms with van der Waals surface area (Å²) in [6.45, 7) is 4.05. The molecule has 1 aromatic carbocycles. The Hall–Kier alpha value is -2.07. The highest BCUT2D eigenvalue weighted by molar-refractivity contribution is 5.89. The zero-order valence-electron chi connectivity index (χ0n) is 14.5. The van der Waals surface area contributed by atoms with Gasteiger partial charge in [-0.1, -0.05) is 0 Å². The van der Waals surface area contributed by atoms with E-state index in [4.69, 9.17) is 9.47 Å². The van der Waals surface area contributed by atoms with Crippen LogP contribution in [0.3, 0.4) is 0 Å². The fourth-order valence-corrected chi connectivity index (χ4v) is 2.89. The maximum atomic E-state index is 12.2. The molecule has 25 heavy (non-hydrogen) atoms. The van der Waals surface area contributed by atoms with Gasteiger partial charge in [0.05, 0.1) is 6.17 Å². The molecule has 1 fully saturated rings. The van der Waals surface area contributed by atoms with Crippen LogP contribution in [0.15, 0.2) is 18.2 Å². The maximum Gasteiger partial charge on any atom is 0.321 e. The number of nitrogens with one attached hydrogen (secondary N) is 6.